The molecule has 0 spiro atoms. The van der Waals surface area contributed by atoms with Gasteiger partial charge in [0, 0.05) is 51.8 Å². The Morgan fingerprint density at radius 2 is 2.14 bits per heavy atom. The maximum atomic E-state index is 12.3. The molecule has 1 aliphatic heterocycles. The van der Waals surface area contributed by atoms with E-state index in [1.54, 1.807) is 0 Å². The third kappa shape index (κ3) is 2.97. The van der Waals surface area contributed by atoms with Crippen LogP contribution in [0.2, 0.25) is 0 Å². The molecule has 1 N–H and O–H groups in total. The molecular formula is C16H23N5O. The van der Waals surface area contributed by atoms with Crippen LogP contribution in [0.5, 0.6) is 0 Å². The molecule has 0 aromatic carbocycles. The quantitative estimate of drug-likeness (QED) is 0.919. The number of rotatable bonds is 4. The molecule has 118 valence electrons. The number of hydrogen-bond donors (Lipinski definition) is 1. The molecule has 3 rings (SSSR count). The van der Waals surface area contributed by atoms with Crippen molar-refractivity contribution in [2.45, 2.75) is 33.2 Å². The van der Waals surface area contributed by atoms with Crippen LogP contribution in [0.25, 0.3) is 11.2 Å². The highest BCUT2D eigenvalue weighted by molar-refractivity contribution is 5.77. The van der Waals surface area contributed by atoms with E-state index in [0.717, 1.165) is 55.2 Å². The highest BCUT2D eigenvalue weighted by Crippen LogP contribution is 2.16. The van der Waals surface area contributed by atoms with E-state index in [2.05, 4.69) is 32.8 Å². The first-order valence-electron chi connectivity index (χ1n) is 7.99. The zero-order chi connectivity index (χ0) is 15.5. The lowest BCUT2D eigenvalue weighted by molar-refractivity contribution is -0.131. The number of imidazole rings is 1. The van der Waals surface area contributed by atoms with Gasteiger partial charge in [-0.05, 0) is 18.6 Å². The molecule has 6 nitrogen and oxygen atoms in total. The Balaban J connectivity index is 1.76. The van der Waals surface area contributed by atoms with E-state index in [0.29, 0.717) is 13.0 Å². The molecule has 22 heavy (non-hydrogen) atoms. The van der Waals surface area contributed by atoms with Gasteiger partial charge in [-0.25, -0.2) is 9.97 Å². The fourth-order valence-corrected chi connectivity index (χ4v) is 2.94. The Kier molecular flexibility index (Phi) is 4.38. The molecule has 3 heterocycles. The van der Waals surface area contributed by atoms with Gasteiger partial charge in [0.25, 0.3) is 0 Å². The Labute approximate surface area is 130 Å². The van der Waals surface area contributed by atoms with Crippen LogP contribution in [0.3, 0.4) is 0 Å². The van der Waals surface area contributed by atoms with E-state index in [4.69, 9.17) is 0 Å². The molecule has 0 aliphatic carbocycles. The third-order valence-corrected chi connectivity index (χ3v) is 4.14. The minimum absolute atomic E-state index is 0.220. The van der Waals surface area contributed by atoms with Crippen LogP contribution in [-0.2, 0) is 17.8 Å². The van der Waals surface area contributed by atoms with Gasteiger partial charge in [-0.1, -0.05) is 6.92 Å². The smallest absolute Gasteiger partial charge is 0.224 e. The molecule has 1 aliphatic rings. The van der Waals surface area contributed by atoms with Gasteiger partial charge >= 0.3 is 0 Å². The third-order valence-electron chi connectivity index (χ3n) is 4.14. The number of aryl methyl sites for hydroxylation is 3. The summed E-state index contributed by atoms with van der Waals surface area (Å²) < 4.78 is 2.09. The lowest BCUT2D eigenvalue weighted by Crippen LogP contribution is -2.46. The van der Waals surface area contributed by atoms with Gasteiger partial charge in [-0.2, -0.15) is 0 Å². The predicted octanol–water partition coefficient (Wildman–Crippen LogP) is 1.12. The van der Waals surface area contributed by atoms with Crippen LogP contribution in [0.15, 0.2) is 12.3 Å². The summed E-state index contributed by atoms with van der Waals surface area (Å²) in [7, 11) is 0. The fraction of sp³-hybridized carbons (Fsp3) is 0.562. The lowest BCUT2D eigenvalue weighted by Gasteiger charge is -2.27. The van der Waals surface area contributed by atoms with E-state index in [9.17, 15) is 4.79 Å². The van der Waals surface area contributed by atoms with Crippen LogP contribution in [0, 0.1) is 6.92 Å². The van der Waals surface area contributed by atoms with Crippen molar-refractivity contribution in [3.8, 4) is 0 Å². The molecule has 2 aromatic rings. The molecule has 0 radical (unpaired) electrons. The molecule has 0 bridgehead atoms. The zero-order valence-electron chi connectivity index (χ0n) is 13.3. The summed E-state index contributed by atoms with van der Waals surface area (Å²) in [5.41, 5.74) is 2.92. The van der Waals surface area contributed by atoms with E-state index in [-0.39, 0.29) is 5.91 Å². The summed E-state index contributed by atoms with van der Waals surface area (Å²) in [6.07, 6.45) is 3.21. The average molecular weight is 301 g/mol. The first-order valence-corrected chi connectivity index (χ1v) is 7.99. The Morgan fingerprint density at radius 1 is 1.36 bits per heavy atom. The summed E-state index contributed by atoms with van der Waals surface area (Å²) in [4.78, 5) is 23.4. The molecular weight excluding hydrogens is 278 g/mol. The van der Waals surface area contributed by atoms with Crippen molar-refractivity contribution in [1.29, 1.82) is 0 Å². The van der Waals surface area contributed by atoms with Crippen LogP contribution in [0.4, 0.5) is 0 Å². The maximum Gasteiger partial charge on any atom is 0.224 e. The largest absolute Gasteiger partial charge is 0.340 e. The second kappa shape index (κ2) is 6.44. The van der Waals surface area contributed by atoms with Crippen molar-refractivity contribution < 1.29 is 4.79 Å². The molecule has 0 unspecified atom stereocenters. The Hall–Kier alpha value is -1.95. The number of pyridine rings is 1. The van der Waals surface area contributed by atoms with Gasteiger partial charge in [-0.3, -0.25) is 4.79 Å². The van der Waals surface area contributed by atoms with Crippen molar-refractivity contribution in [1.82, 2.24) is 24.8 Å². The van der Waals surface area contributed by atoms with Gasteiger partial charge in [-0.15, -0.1) is 0 Å². The molecule has 1 amide bonds. The van der Waals surface area contributed by atoms with Crippen molar-refractivity contribution >= 4 is 17.1 Å². The molecule has 1 saturated heterocycles. The molecule has 0 atom stereocenters. The van der Waals surface area contributed by atoms with Crippen LogP contribution in [0.1, 0.15) is 24.7 Å². The number of hydrogen-bond acceptors (Lipinski definition) is 4. The first kappa shape index (κ1) is 15.0. The number of nitrogens with zero attached hydrogens (tertiary/aromatic N) is 4. The number of aromatic nitrogens is 3. The molecule has 1 fully saturated rings. The monoisotopic (exact) mass is 301 g/mol. The van der Waals surface area contributed by atoms with Gasteiger partial charge < -0.3 is 14.8 Å². The Morgan fingerprint density at radius 3 is 2.86 bits per heavy atom. The van der Waals surface area contributed by atoms with Crippen molar-refractivity contribution in [3.63, 3.8) is 0 Å². The number of carbonyl (C=O) groups is 1. The predicted molar refractivity (Wildman–Crippen MR) is 85.7 cm³/mol. The number of piperazine rings is 1. The summed E-state index contributed by atoms with van der Waals surface area (Å²) in [5.74, 6) is 1.22. The summed E-state index contributed by atoms with van der Waals surface area (Å²) in [5, 5.41) is 3.27. The molecule has 0 saturated carbocycles. The Bertz CT molecular complexity index is 672. The fourth-order valence-electron chi connectivity index (χ4n) is 2.94. The van der Waals surface area contributed by atoms with Gasteiger partial charge in [0.1, 0.15) is 11.3 Å². The second-order valence-corrected chi connectivity index (χ2v) is 5.77. The SMILES string of the molecule is CCc1nc2cc(C)cnc2n1CCC(=O)N1CCNCC1. The summed E-state index contributed by atoms with van der Waals surface area (Å²) in [6.45, 7) is 8.15. The minimum Gasteiger partial charge on any atom is -0.340 e. The van der Waals surface area contributed by atoms with Crippen LogP contribution in [-0.4, -0.2) is 51.5 Å². The van der Waals surface area contributed by atoms with Crippen molar-refractivity contribution in [2.75, 3.05) is 26.2 Å². The molecule has 6 heteroatoms. The number of nitrogens with one attached hydrogen (secondary N) is 1. The van der Waals surface area contributed by atoms with E-state index in [1.807, 2.05) is 18.0 Å². The molecule has 2 aromatic heterocycles. The highest BCUT2D eigenvalue weighted by Gasteiger charge is 2.17. The van der Waals surface area contributed by atoms with Crippen LogP contribution < -0.4 is 5.32 Å². The normalized spacial score (nSPS) is 15.5. The maximum absolute atomic E-state index is 12.3. The standard InChI is InChI=1S/C16H23N5O/c1-3-14-19-13-10-12(2)11-18-16(13)21(14)7-4-15(22)20-8-5-17-6-9-20/h10-11,17H,3-9H2,1-2H3. The average Bonchev–Trinajstić information content (AvgIpc) is 2.90. The van der Waals surface area contributed by atoms with E-state index < -0.39 is 0 Å². The minimum atomic E-state index is 0.220. The first-order chi connectivity index (χ1) is 10.7. The van der Waals surface area contributed by atoms with E-state index in [1.165, 1.54) is 0 Å². The van der Waals surface area contributed by atoms with Crippen molar-refractivity contribution in [2.24, 2.45) is 0 Å². The topological polar surface area (TPSA) is 63.1 Å². The van der Waals surface area contributed by atoms with Crippen molar-refractivity contribution in [3.05, 3.63) is 23.7 Å². The van der Waals surface area contributed by atoms with E-state index >= 15 is 0 Å². The number of carbonyl (C=O) groups excluding carboxylic acids is 1. The zero-order valence-corrected chi connectivity index (χ0v) is 13.3. The van der Waals surface area contributed by atoms with Gasteiger partial charge in [0.15, 0.2) is 5.65 Å². The number of amides is 1. The summed E-state index contributed by atoms with van der Waals surface area (Å²) in [6, 6.07) is 2.05. The highest BCUT2D eigenvalue weighted by atomic mass is 16.2. The number of fused-ring (bicyclic) bond motifs is 1. The summed E-state index contributed by atoms with van der Waals surface area (Å²) >= 11 is 0. The van der Waals surface area contributed by atoms with Gasteiger partial charge in [0.2, 0.25) is 5.91 Å². The lowest BCUT2D eigenvalue weighted by atomic mass is 10.3. The van der Waals surface area contributed by atoms with Crippen LogP contribution >= 0.6 is 0 Å². The van der Waals surface area contributed by atoms with Gasteiger partial charge in [0.05, 0.1) is 0 Å². The second-order valence-electron chi connectivity index (χ2n) is 5.77.